The van der Waals surface area contributed by atoms with Crippen LogP contribution in [0.5, 0.6) is 0 Å². The Morgan fingerprint density at radius 1 is 1.25 bits per heavy atom. The third kappa shape index (κ3) is 1.94. The predicted octanol–water partition coefficient (Wildman–Crippen LogP) is 2.41. The molecule has 0 radical (unpaired) electrons. The number of hydrogen-bond donors (Lipinski definition) is 1. The van der Waals surface area contributed by atoms with Gasteiger partial charge in [0.2, 0.25) is 0 Å². The molecule has 2 nitrogen and oxygen atoms in total. The van der Waals surface area contributed by atoms with Gasteiger partial charge in [-0.05, 0) is 30.2 Å². The summed E-state index contributed by atoms with van der Waals surface area (Å²) >= 11 is 0. The van der Waals surface area contributed by atoms with Crippen LogP contribution < -0.4 is 0 Å². The van der Waals surface area contributed by atoms with Gasteiger partial charge in [-0.1, -0.05) is 36.4 Å². The molecule has 2 atom stereocenters. The second kappa shape index (κ2) is 4.24. The molecule has 1 N–H and O–H groups in total. The van der Waals surface area contributed by atoms with Crippen molar-refractivity contribution >= 4 is 5.57 Å². The Kier molecular flexibility index (Phi) is 2.95. The molecule has 2 heteroatoms. The van der Waals surface area contributed by atoms with E-state index >= 15 is 0 Å². The maximum Gasteiger partial charge on any atom is 0.113 e. The predicted molar refractivity (Wildman–Crippen MR) is 65.0 cm³/mol. The van der Waals surface area contributed by atoms with E-state index in [1.54, 1.807) is 7.11 Å². The van der Waals surface area contributed by atoms with Gasteiger partial charge in [-0.15, -0.1) is 0 Å². The van der Waals surface area contributed by atoms with Crippen LogP contribution in [0.1, 0.15) is 12.5 Å². The lowest BCUT2D eigenvalue weighted by atomic mass is 9.88. The Morgan fingerprint density at radius 2 is 1.94 bits per heavy atom. The summed E-state index contributed by atoms with van der Waals surface area (Å²) < 4.78 is 5.29. The highest BCUT2D eigenvalue weighted by Crippen LogP contribution is 2.28. The van der Waals surface area contributed by atoms with Crippen molar-refractivity contribution in [3.8, 4) is 0 Å². The largest absolute Gasteiger partial charge is 0.386 e. The van der Waals surface area contributed by atoms with Gasteiger partial charge in [-0.3, -0.25) is 0 Å². The van der Waals surface area contributed by atoms with E-state index in [0.29, 0.717) is 0 Å². The van der Waals surface area contributed by atoms with E-state index in [9.17, 15) is 5.11 Å². The first-order chi connectivity index (χ1) is 7.65. The van der Waals surface area contributed by atoms with Crippen LogP contribution in [-0.4, -0.2) is 23.9 Å². The van der Waals surface area contributed by atoms with E-state index in [-0.39, 0.29) is 0 Å². The average Bonchev–Trinajstić information content (AvgIpc) is 2.34. The van der Waals surface area contributed by atoms with Gasteiger partial charge in [0.1, 0.15) is 11.7 Å². The van der Waals surface area contributed by atoms with E-state index in [1.807, 2.05) is 55.5 Å². The lowest BCUT2D eigenvalue weighted by molar-refractivity contribution is -0.0352. The number of hydrogen-bond acceptors (Lipinski definition) is 2. The van der Waals surface area contributed by atoms with E-state index in [2.05, 4.69) is 0 Å². The Bertz CT molecular complexity index is 420. The summed E-state index contributed by atoms with van der Waals surface area (Å²) in [7, 11) is 1.61. The van der Waals surface area contributed by atoms with E-state index in [1.165, 1.54) is 0 Å². The van der Waals surface area contributed by atoms with Crippen LogP contribution in [0.15, 0.2) is 48.6 Å². The Labute approximate surface area is 95.9 Å². The second-order valence-electron chi connectivity index (χ2n) is 4.15. The smallest absolute Gasteiger partial charge is 0.113 e. The molecule has 0 bridgehead atoms. The number of rotatable bonds is 2. The Hall–Kier alpha value is -1.38. The number of aliphatic hydroxyl groups excluding tert-OH is 1. The normalized spacial score (nSPS) is 28.9. The lowest BCUT2D eigenvalue weighted by Gasteiger charge is -2.31. The fourth-order valence-electron chi connectivity index (χ4n) is 1.76. The zero-order valence-electron chi connectivity index (χ0n) is 9.55. The van der Waals surface area contributed by atoms with Crippen LogP contribution in [-0.2, 0) is 4.74 Å². The van der Waals surface area contributed by atoms with E-state index < -0.39 is 11.7 Å². The summed E-state index contributed by atoms with van der Waals surface area (Å²) in [6, 6.07) is 10.0. The van der Waals surface area contributed by atoms with Gasteiger partial charge in [0.15, 0.2) is 0 Å². The van der Waals surface area contributed by atoms with Gasteiger partial charge in [-0.2, -0.15) is 0 Å². The summed E-state index contributed by atoms with van der Waals surface area (Å²) in [6.45, 7) is 1.87. The standard InChI is InChI=1S/C14H16O2/c1-14(16-2)9-8-12(10-13(14)15)11-6-4-3-5-7-11/h3-10,13,15H,1-2H3. The van der Waals surface area contributed by atoms with Gasteiger partial charge in [0.05, 0.1) is 0 Å². The highest BCUT2D eigenvalue weighted by Gasteiger charge is 2.31. The molecule has 16 heavy (non-hydrogen) atoms. The Balaban J connectivity index is 2.30. The van der Waals surface area contributed by atoms with Crippen LogP contribution in [0.2, 0.25) is 0 Å². The molecule has 0 heterocycles. The van der Waals surface area contributed by atoms with Crippen molar-refractivity contribution in [1.29, 1.82) is 0 Å². The molecule has 1 aromatic carbocycles. The molecule has 0 saturated heterocycles. The molecule has 0 aliphatic heterocycles. The summed E-state index contributed by atoms with van der Waals surface area (Å²) in [5.41, 5.74) is 1.52. The molecule has 2 unspecified atom stereocenters. The first-order valence-corrected chi connectivity index (χ1v) is 5.35. The SMILES string of the molecule is COC1(C)C=CC(c2ccccc2)=CC1O. The number of allylic oxidation sites excluding steroid dienone is 2. The Morgan fingerprint density at radius 3 is 2.50 bits per heavy atom. The zero-order valence-corrected chi connectivity index (χ0v) is 9.55. The fraction of sp³-hybridized carbons (Fsp3) is 0.286. The fourth-order valence-corrected chi connectivity index (χ4v) is 1.76. The summed E-state index contributed by atoms with van der Waals surface area (Å²) in [6.07, 6.45) is 5.11. The highest BCUT2D eigenvalue weighted by atomic mass is 16.5. The van der Waals surface area contributed by atoms with Crippen molar-refractivity contribution in [2.24, 2.45) is 0 Å². The zero-order chi connectivity index (χ0) is 11.6. The molecule has 0 fully saturated rings. The maximum absolute atomic E-state index is 10.0. The molecule has 0 spiro atoms. The average molecular weight is 216 g/mol. The monoisotopic (exact) mass is 216 g/mol. The van der Waals surface area contributed by atoms with Gasteiger partial charge < -0.3 is 9.84 Å². The second-order valence-corrected chi connectivity index (χ2v) is 4.15. The first-order valence-electron chi connectivity index (χ1n) is 5.35. The third-order valence-corrected chi connectivity index (χ3v) is 3.07. The van der Waals surface area contributed by atoms with Crippen molar-refractivity contribution in [2.45, 2.75) is 18.6 Å². The van der Waals surface area contributed by atoms with Crippen LogP contribution in [0.4, 0.5) is 0 Å². The van der Waals surface area contributed by atoms with Crippen molar-refractivity contribution in [2.75, 3.05) is 7.11 Å². The number of ether oxygens (including phenoxy) is 1. The van der Waals surface area contributed by atoms with Crippen LogP contribution in [0.25, 0.3) is 5.57 Å². The molecule has 84 valence electrons. The molecule has 2 rings (SSSR count). The third-order valence-electron chi connectivity index (χ3n) is 3.07. The van der Waals surface area contributed by atoms with E-state index in [4.69, 9.17) is 4.74 Å². The van der Waals surface area contributed by atoms with Gasteiger partial charge in [0, 0.05) is 7.11 Å². The minimum atomic E-state index is -0.613. The highest BCUT2D eigenvalue weighted by molar-refractivity contribution is 5.76. The summed E-state index contributed by atoms with van der Waals surface area (Å²) in [4.78, 5) is 0. The minimum Gasteiger partial charge on any atom is -0.386 e. The van der Waals surface area contributed by atoms with Crippen molar-refractivity contribution in [3.63, 3.8) is 0 Å². The summed E-state index contributed by atoms with van der Waals surface area (Å²) in [5.74, 6) is 0. The molecule has 1 aliphatic rings. The molecule has 1 aromatic rings. The van der Waals surface area contributed by atoms with Crippen LogP contribution >= 0.6 is 0 Å². The van der Waals surface area contributed by atoms with Gasteiger partial charge in [-0.25, -0.2) is 0 Å². The molecule has 1 aliphatic carbocycles. The first kappa shape index (κ1) is 11.1. The van der Waals surface area contributed by atoms with Gasteiger partial charge in [0.25, 0.3) is 0 Å². The topological polar surface area (TPSA) is 29.5 Å². The maximum atomic E-state index is 10.0. The number of aliphatic hydroxyl groups is 1. The molecular formula is C14H16O2. The summed E-state index contributed by atoms with van der Waals surface area (Å²) in [5, 5.41) is 10.0. The minimum absolute atomic E-state index is 0.613. The molecule has 0 saturated carbocycles. The quantitative estimate of drug-likeness (QED) is 0.822. The molecule has 0 amide bonds. The van der Waals surface area contributed by atoms with Crippen molar-refractivity contribution in [3.05, 3.63) is 54.1 Å². The van der Waals surface area contributed by atoms with Crippen molar-refractivity contribution in [1.82, 2.24) is 0 Å². The van der Waals surface area contributed by atoms with Crippen LogP contribution in [0.3, 0.4) is 0 Å². The van der Waals surface area contributed by atoms with E-state index in [0.717, 1.165) is 11.1 Å². The van der Waals surface area contributed by atoms with Crippen LogP contribution in [0, 0.1) is 0 Å². The molecular weight excluding hydrogens is 200 g/mol. The number of methoxy groups -OCH3 is 1. The number of benzene rings is 1. The van der Waals surface area contributed by atoms with Crippen molar-refractivity contribution < 1.29 is 9.84 Å². The molecule has 0 aromatic heterocycles. The lowest BCUT2D eigenvalue weighted by Crippen LogP contribution is -2.39. The van der Waals surface area contributed by atoms with Gasteiger partial charge >= 0.3 is 0 Å².